The Kier molecular flexibility index (Phi) is 0.828. The first-order valence-corrected chi connectivity index (χ1v) is 2.28. The summed E-state index contributed by atoms with van der Waals surface area (Å²) in [6, 6.07) is -0.0602. The Morgan fingerprint density at radius 3 is 2.71 bits per heavy atom. The first-order valence-electron chi connectivity index (χ1n) is 1.51. The van der Waals surface area contributed by atoms with Crippen molar-refractivity contribution < 1.29 is 4.42 Å². The highest BCUT2D eigenvalue weighted by Gasteiger charge is 1.89. The van der Waals surface area contributed by atoms with E-state index in [1.807, 2.05) is 0 Å². The van der Waals surface area contributed by atoms with Crippen molar-refractivity contribution in [1.82, 2.24) is 4.37 Å². The van der Waals surface area contributed by atoms with E-state index in [4.69, 9.17) is 5.73 Å². The highest BCUT2D eigenvalue weighted by atomic mass is 32.1. The lowest BCUT2D eigenvalue weighted by Gasteiger charge is -1.66. The van der Waals surface area contributed by atoms with Crippen LogP contribution in [-0.2, 0) is 0 Å². The topological polar surface area (TPSA) is 69.1 Å². The van der Waals surface area contributed by atoms with Crippen LogP contribution in [0.1, 0.15) is 0 Å². The number of anilines is 1. The number of nitrogens with zero attached hydrogens (tertiary/aromatic N) is 1. The van der Waals surface area contributed by atoms with E-state index in [0.29, 0.717) is 11.5 Å². The minimum Gasteiger partial charge on any atom is -0.380 e. The van der Waals surface area contributed by atoms with Gasteiger partial charge in [-0.1, -0.05) is 0 Å². The Hall–Kier alpha value is -0.840. The first kappa shape index (κ1) is 4.32. The summed E-state index contributed by atoms with van der Waals surface area (Å²) in [4.78, 5) is 9.54. The molecule has 4 nitrogen and oxygen atoms in total. The molecule has 2 N–H and O–H groups in total. The van der Waals surface area contributed by atoms with Crippen molar-refractivity contribution in [3.8, 4) is 0 Å². The van der Waals surface area contributed by atoms with Crippen molar-refractivity contribution in [3.63, 3.8) is 0 Å². The van der Waals surface area contributed by atoms with Gasteiger partial charge in [0.2, 0.25) is 0 Å². The highest BCUT2D eigenvalue weighted by molar-refractivity contribution is 7.02. The van der Waals surface area contributed by atoms with E-state index in [0.717, 1.165) is 0 Å². The summed E-state index contributed by atoms with van der Waals surface area (Å²) in [6.45, 7) is 0. The molecule has 0 bridgehead atoms. The van der Waals surface area contributed by atoms with Crippen molar-refractivity contribution in [1.29, 1.82) is 0 Å². The minimum absolute atomic E-state index is 0.0602. The van der Waals surface area contributed by atoms with Gasteiger partial charge in [-0.05, 0) is 0 Å². The molecule has 0 amide bonds. The molecule has 1 aromatic rings. The number of nitrogens with two attached hydrogens (primary N) is 1. The van der Waals surface area contributed by atoms with Gasteiger partial charge in [-0.15, -0.1) is 4.37 Å². The van der Waals surface area contributed by atoms with Crippen LogP contribution in [0.4, 0.5) is 6.01 Å². The van der Waals surface area contributed by atoms with E-state index in [2.05, 4.69) is 8.79 Å². The van der Waals surface area contributed by atoms with Gasteiger partial charge in [0.1, 0.15) is 0 Å². The molecule has 0 unspecified atom stereocenters. The standard InChI is InChI=1S/C2H2N2O2S/c3-1-4-7-2(5)6-1/h(H2,3,4). The van der Waals surface area contributed by atoms with Crippen LogP contribution in [0, 0.1) is 0 Å². The van der Waals surface area contributed by atoms with Gasteiger partial charge in [0, 0.05) is 0 Å². The molecule has 1 aromatic heterocycles. The molecule has 5 heteroatoms. The van der Waals surface area contributed by atoms with Gasteiger partial charge >= 0.3 is 11.0 Å². The van der Waals surface area contributed by atoms with E-state index < -0.39 is 4.94 Å². The molecule has 7 heavy (non-hydrogen) atoms. The zero-order valence-corrected chi connectivity index (χ0v) is 4.07. The van der Waals surface area contributed by atoms with Crippen LogP contribution >= 0.6 is 11.5 Å². The Morgan fingerprint density at radius 1 is 1.86 bits per heavy atom. The molecule has 0 aliphatic heterocycles. The van der Waals surface area contributed by atoms with Gasteiger partial charge in [-0.25, -0.2) is 4.79 Å². The molecular formula is C2H2N2O2S. The summed E-state index contributed by atoms with van der Waals surface area (Å²) in [7, 11) is 0. The van der Waals surface area contributed by atoms with Crippen LogP contribution in [0.25, 0.3) is 0 Å². The fraction of sp³-hybridized carbons (Fsp3) is 0. The molecule has 0 saturated heterocycles. The minimum atomic E-state index is -0.461. The summed E-state index contributed by atoms with van der Waals surface area (Å²) in [5.74, 6) is 0. The molecule has 1 rings (SSSR count). The van der Waals surface area contributed by atoms with Crippen molar-refractivity contribution in [2.45, 2.75) is 0 Å². The van der Waals surface area contributed by atoms with Crippen molar-refractivity contribution >= 4 is 17.5 Å². The smallest absolute Gasteiger partial charge is 0.380 e. The van der Waals surface area contributed by atoms with Crippen molar-refractivity contribution in [2.75, 3.05) is 5.73 Å². The predicted molar refractivity (Wildman–Crippen MR) is 25.1 cm³/mol. The molecule has 0 aliphatic rings. The summed E-state index contributed by atoms with van der Waals surface area (Å²) in [6.07, 6.45) is 0. The fourth-order valence-corrected chi connectivity index (χ4v) is 0.529. The van der Waals surface area contributed by atoms with Crippen LogP contribution in [0.3, 0.4) is 0 Å². The van der Waals surface area contributed by atoms with Crippen molar-refractivity contribution in [2.24, 2.45) is 0 Å². The molecule has 0 aromatic carbocycles. The summed E-state index contributed by atoms with van der Waals surface area (Å²) in [5, 5.41) is 0. The van der Waals surface area contributed by atoms with Gasteiger partial charge in [0.15, 0.2) is 0 Å². The van der Waals surface area contributed by atoms with E-state index in [1.54, 1.807) is 0 Å². The number of hydrogen-bond donors (Lipinski definition) is 1. The molecule has 0 atom stereocenters. The van der Waals surface area contributed by atoms with Crippen LogP contribution in [0.5, 0.6) is 0 Å². The molecular weight excluding hydrogens is 116 g/mol. The largest absolute Gasteiger partial charge is 0.415 e. The maximum Gasteiger partial charge on any atom is 0.415 e. The zero-order chi connectivity index (χ0) is 5.28. The van der Waals surface area contributed by atoms with E-state index in [9.17, 15) is 4.79 Å². The normalized spacial score (nSPS) is 9.14. The number of aromatic nitrogens is 1. The average Bonchev–Trinajstić information content (AvgIpc) is 1.87. The SMILES string of the molecule is Nc1nsc(=O)o1. The van der Waals surface area contributed by atoms with Crippen LogP contribution in [0.2, 0.25) is 0 Å². The Morgan fingerprint density at radius 2 is 2.57 bits per heavy atom. The third-order valence-corrected chi connectivity index (χ3v) is 0.902. The second-order valence-electron chi connectivity index (χ2n) is 0.873. The van der Waals surface area contributed by atoms with Gasteiger partial charge < -0.3 is 10.2 Å². The predicted octanol–water partition coefficient (Wildman–Crippen LogP) is -0.321. The molecule has 1 heterocycles. The first-order chi connectivity index (χ1) is 3.29. The lowest BCUT2D eigenvalue weighted by Crippen LogP contribution is -1.84. The second kappa shape index (κ2) is 1.34. The zero-order valence-electron chi connectivity index (χ0n) is 3.25. The lowest BCUT2D eigenvalue weighted by atomic mass is 11.2. The molecule has 0 saturated carbocycles. The van der Waals surface area contributed by atoms with Crippen molar-refractivity contribution in [3.05, 3.63) is 9.73 Å². The van der Waals surface area contributed by atoms with Crippen LogP contribution < -0.4 is 10.7 Å². The third kappa shape index (κ3) is 0.774. The Balaban J connectivity index is 3.30. The van der Waals surface area contributed by atoms with Gasteiger partial charge in [0.25, 0.3) is 0 Å². The summed E-state index contributed by atoms with van der Waals surface area (Å²) < 4.78 is 7.57. The average molecular weight is 118 g/mol. The van der Waals surface area contributed by atoms with Crippen LogP contribution in [0.15, 0.2) is 9.21 Å². The highest BCUT2D eigenvalue weighted by Crippen LogP contribution is 1.89. The Labute approximate surface area is 42.7 Å². The maximum atomic E-state index is 10.00. The molecule has 0 radical (unpaired) electrons. The van der Waals surface area contributed by atoms with Gasteiger partial charge in [-0.3, -0.25) is 0 Å². The fourth-order valence-electron chi connectivity index (χ4n) is 0.205. The number of nitrogen functional groups attached to an aromatic ring is 1. The summed E-state index contributed by atoms with van der Waals surface area (Å²) in [5.41, 5.74) is 4.91. The van der Waals surface area contributed by atoms with E-state index >= 15 is 0 Å². The van der Waals surface area contributed by atoms with Gasteiger partial charge in [0.05, 0.1) is 11.5 Å². The lowest BCUT2D eigenvalue weighted by molar-refractivity contribution is 0.549. The second-order valence-corrected chi connectivity index (χ2v) is 1.57. The molecule has 0 fully saturated rings. The molecule has 0 aliphatic carbocycles. The van der Waals surface area contributed by atoms with Gasteiger partial charge in [-0.2, -0.15) is 0 Å². The number of rotatable bonds is 0. The third-order valence-electron chi connectivity index (χ3n) is 0.398. The molecule has 38 valence electrons. The molecule has 0 spiro atoms. The number of hydrogen-bond acceptors (Lipinski definition) is 5. The Bertz CT molecular complexity index is 201. The van der Waals surface area contributed by atoms with E-state index in [-0.39, 0.29) is 6.01 Å². The quantitative estimate of drug-likeness (QED) is 0.506. The maximum absolute atomic E-state index is 10.00. The summed E-state index contributed by atoms with van der Waals surface area (Å²) >= 11 is 0.707. The van der Waals surface area contributed by atoms with E-state index in [1.165, 1.54) is 0 Å². The van der Waals surface area contributed by atoms with Crippen LogP contribution in [-0.4, -0.2) is 4.37 Å². The monoisotopic (exact) mass is 118 g/mol.